The van der Waals surface area contributed by atoms with Crippen LogP contribution < -0.4 is 4.72 Å². The average Bonchev–Trinajstić information content (AvgIpc) is 2.63. The van der Waals surface area contributed by atoms with Crippen LogP contribution in [0.15, 0.2) is 16.3 Å². The maximum atomic E-state index is 11.7. The Balaban J connectivity index is 2.59. The number of halogens is 1. The summed E-state index contributed by atoms with van der Waals surface area (Å²) in [5.41, 5.74) is 0. The van der Waals surface area contributed by atoms with Crippen molar-refractivity contribution < 1.29 is 13.5 Å². The molecular weight excluding hydrogens is 270 g/mol. The molecule has 16 heavy (non-hydrogen) atoms. The van der Waals surface area contributed by atoms with Crippen LogP contribution >= 0.6 is 22.9 Å². The molecule has 92 valence electrons. The van der Waals surface area contributed by atoms with Crippen LogP contribution in [0.25, 0.3) is 0 Å². The molecule has 1 unspecified atom stereocenters. The van der Waals surface area contributed by atoms with Crippen molar-refractivity contribution in [3.05, 3.63) is 16.5 Å². The van der Waals surface area contributed by atoms with Crippen LogP contribution in [0.5, 0.6) is 0 Å². The first-order valence-electron chi connectivity index (χ1n) is 4.88. The lowest BCUT2D eigenvalue weighted by Gasteiger charge is -2.09. The molecule has 0 aliphatic rings. The summed E-state index contributed by atoms with van der Waals surface area (Å²) in [6, 6.07) is 2.98. The first-order chi connectivity index (χ1) is 7.45. The number of thiophene rings is 1. The first-order valence-corrected chi connectivity index (χ1v) is 7.56. The Hall–Kier alpha value is -0.140. The van der Waals surface area contributed by atoms with Gasteiger partial charge in [-0.25, -0.2) is 13.1 Å². The van der Waals surface area contributed by atoms with E-state index in [1.807, 2.05) is 6.92 Å². The molecule has 0 bridgehead atoms. The van der Waals surface area contributed by atoms with E-state index < -0.39 is 16.1 Å². The van der Waals surface area contributed by atoms with E-state index in [2.05, 4.69) is 4.72 Å². The van der Waals surface area contributed by atoms with Crippen molar-refractivity contribution in [3.63, 3.8) is 0 Å². The second-order valence-electron chi connectivity index (χ2n) is 3.35. The van der Waals surface area contributed by atoms with Crippen LogP contribution in [0.2, 0.25) is 4.34 Å². The van der Waals surface area contributed by atoms with E-state index in [0.717, 1.165) is 17.8 Å². The first kappa shape index (κ1) is 13.9. The standard InChI is InChI=1S/C9H14ClNO3S2/c1-2-3-7(12)6-11-16(13,14)9-5-4-8(10)15-9/h4-5,7,11-12H,2-3,6H2,1H3. The van der Waals surface area contributed by atoms with Crippen LogP contribution in [0.1, 0.15) is 19.8 Å². The van der Waals surface area contributed by atoms with Crippen molar-refractivity contribution in [1.82, 2.24) is 4.72 Å². The second-order valence-corrected chi connectivity index (χ2v) is 7.06. The van der Waals surface area contributed by atoms with Crippen molar-refractivity contribution in [3.8, 4) is 0 Å². The van der Waals surface area contributed by atoms with Crippen LogP contribution in [0, 0.1) is 0 Å². The van der Waals surface area contributed by atoms with E-state index in [1.54, 1.807) is 0 Å². The van der Waals surface area contributed by atoms with Gasteiger partial charge in [-0.15, -0.1) is 11.3 Å². The van der Waals surface area contributed by atoms with Crippen LogP contribution in [-0.2, 0) is 10.0 Å². The van der Waals surface area contributed by atoms with Gasteiger partial charge in [-0.2, -0.15) is 0 Å². The summed E-state index contributed by atoms with van der Waals surface area (Å²) in [4.78, 5) is 0. The van der Waals surface area contributed by atoms with E-state index in [9.17, 15) is 13.5 Å². The van der Waals surface area contributed by atoms with E-state index in [0.29, 0.717) is 10.8 Å². The molecule has 1 heterocycles. The third-order valence-corrected chi connectivity index (χ3v) is 5.09. The van der Waals surface area contributed by atoms with Gasteiger partial charge in [0.05, 0.1) is 10.4 Å². The smallest absolute Gasteiger partial charge is 0.250 e. The number of aliphatic hydroxyl groups excluding tert-OH is 1. The van der Waals surface area contributed by atoms with E-state index >= 15 is 0 Å². The molecule has 2 N–H and O–H groups in total. The minimum absolute atomic E-state index is 0.0334. The summed E-state index contributed by atoms with van der Waals surface area (Å²) in [6.07, 6.45) is 0.747. The largest absolute Gasteiger partial charge is 0.392 e. The summed E-state index contributed by atoms with van der Waals surface area (Å²) < 4.78 is 26.3. The zero-order valence-corrected chi connectivity index (χ0v) is 11.2. The summed E-state index contributed by atoms with van der Waals surface area (Å²) in [5, 5.41) is 9.42. The predicted octanol–water partition coefficient (Wildman–Crippen LogP) is 1.84. The lowest BCUT2D eigenvalue weighted by molar-refractivity contribution is 0.167. The Morgan fingerprint density at radius 1 is 1.56 bits per heavy atom. The Bertz CT molecular complexity index is 430. The molecule has 0 aliphatic heterocycles. The molecule has 0 fully saturated rings. The zero-order valence-electron chi connectivity index (χ0n) is 8.81. The monoisotopic (exact) mass is 283 g/mol. The number of nitrogens with one attached hydrogen (secondary N) is 1. The fourth-order valence-corrected chi connectivity index (χ4v) is 3.75. The number of rotatable bonds is 6. The molecule has 1 atom stereocenters. The highest BCUT2D eigenvalue weighted by Gasteiger charge is 2.17. The Morgan fingerprint density at radius 3 is 2.75 bits per heavy atom. The molecule has 1 rings (SSSR count). The zero-order chi connectivity index (χ0) is 12.2. The Kier molecular flexibility index (Phi) is 5.20. The molecule has 0 aromatic carbocycles. The summed E-state index contributed by atoms with van der Waals surface area (Å²) in [7, 11) is -3.53. The fourth-order valence-electron chi connectivity index (χ4n) is 1.15. The normalized spacial score (nSPS) is 13.9. The molecule has 1 aromatic rings. The maximum Gasteiger partial charge on any atom is 0.250 e. The van der Waals surface area contributed by atoms with Gasteiger partial charge in [-0.3, -0.25) is 0 Å². The topological polar surface area (TPSA) is 66.4 Å². The number of aliphatic hydroxyl groups is 1. The minimum Gasteiger partial charge on any atom is -0.392 e. The average molecular weight is 284 g/mol. The molecule has 0 amide bonds. The molecular formula is C9H14ClNO3S2. The molecule has 0 radical (unpaired) electrons. The van der Waals surface area contributed by atoms with Crippen LogP contribution in [0.3, 0.4) is 0 Å². The second kappa shape index (κ2) is 5.97. The number of sulfonamides is 1. The molecule has 1 aromatic heterocycles. The van der Waals surface area contributed by atoms with Crippen molar-refractivity contribution in [1.29, 1.82) is 0 Å². The van der Waals surface area contributed by atoms with Crippen molar-refractivity contribution >= 4 is 33.0 Å². The summed E-state index contributed by atoms with van der Waals surface area (Å²) in [5.74, 6) is 0. The van der Waals surface area contributed by atoms with Crippen molar-refractivity contribution in [2.75, 3.05) is 6.54 Å². The summed E-state index contributed by atoms with van der Waals surface area (Å²) >= 11 is 6.65. The predicted molar refractivity (Wildman–Crippen MR) is 65.4 cm³/mol. The van der Waals surface area contributed by atoms with Gasteiger partial charge in [0.2, 0.25) is 10.0 Å². The SMILES string of the molecule is CCCC(O)CNS(=O)(=O)c1ccc(Cl)s1. The number of hydrogen-bond donors (Lipinski definition) is 2. The Labute approximate surface area is 104 Å². The van der Waals surface area contributed by atoms with Crippen LogP contribution in [0.4, 0.5) is 0 Å². The van der Waals surface area contributed by atoms with Crippen molar-refractivity contribution in [2.24, 2.45) is 0 Å². The number of hydrogen-bond acceptors (Lipinski definition) is 4. The Morgan fingerprint density at radius 2 is 2.25 bits per heavy atom. The van der Waals surface area contributed by atoms with E-state index in [4.69, 9.17) is 11.6 Å². The summed E-state index contributed by atoms with van der Waals surface area (Å²) in [6.45, 7) is 1.96. The molecule has 0 saturated heterocycles. The quantitative estimate of drug-likeness (QED) is 0.837. The highest BCUT2D eigenvalue weighted by molar-refractivity contribution is 7.91. The highest BCUT2D eigenvalue weighted by atomic mass is 35.5. The van der Waals surface area contributed by atoms with Gasteiger partial charge in [-0.05, 0) is 18.6 Å². The maximum absolute atomic E-state index is 11.7. The fraction of sp³-hybridized carbons (Fsp3) is 0.556. The highest BCUT2D eigenvalue weighted by Crippen LogP contribution is 2.25. The van der Waals surface area contributed by atoms with Gasteiger partial charge in [0.25, 0.3) is 0 Å². The van der Waals surface area contributed by atoms with E-state index in [1.165, 1.54) is 12.1 Å². The third-order valence-electron chi connectivity index (χ3n) is 1.94. The molecule has 0 spiro atoms. The lowest BCUT2D eigenvalue weighted by atomic mass is 10.2. The molecule has 4 nitrogen and oxygen atoms in total. The molecule has 0 saturated carbocycles. The van der Waals surface area contributed by atoms with Gasteiger partial charge >= 0.3 is 0 Å². The van der Waals surface area contributed by atoms with Gasteiger partial charge in [0.15, 0.2) is 0 Å². The van der Waals surface area contributed by atoms with Gasteiger partial charge in [-0.1, -0.05) is 24.9 Å². The molecule has 0 aliphatic carbocycles. The van der Waals surface area contributed by atoms with Gasteiger partial charge in [0.1, 0.15) is 4.21 Å². The van der Waals surface area contributed by atoms with Gasteiger partial charge < -0.3 is 5.11 Å². The third kappa shape index (κ3) is 4.03. The van der Waals surface area contributed by atoms with Crippen LogP contribution in [-0.4, -0.2) is 26.2 Å². The molecule has 7 heteroatoms. The lowest BCUT2D eigenvalue weighted by Crippen LogP contribution is -2.31. The van der Waals surface area contributed by atoms with Gasteiger partial charge in [0, 0.05) is 6.54 Å². The minimum atomic E-state index is -3.53. The van der Waals surface area contributed by atoms with Crippen molar-refractivity contribution in [2.45, 2.75) is 30.1 Å². The van der Waals surface area contributed by atoms with E-state index in [-0.39, 0.29) is 10.8 Å².